The number of hydrogen-bond donors (Lipinski definition) is 1. The summed E-state index contributed by atoms with van der Waals surface area (Å²) in [4.78, 5) is 0. The first-order valence-electron chi connectivity index (χ1n) is 7.44. The van der Waals surface area contributed by atoms with E-state index < -0.39 is 16.4 Å². The fourth-order valence-electron chi connectivity index (χ4n) is 3.67. The number of hydrogen-bond acceptors (Lipinski definition) is 5. The molecule has 0 aromatic heterocycles. The topological polar surface area (TPSA) is 65.0 Å². The molecule has 6 heteroatoms. The zero-order chi connectivity index (χ0) is 15.9. The van der Waals surface area contributed by atoms with E-state index in [4.69, 9.17) is 14.2 Å². The normalized spacial score (nSPS) is 33.5. The number of methoxy groups -OCH3 is 3. The van der Waals surface area contributed by atoms with Crippen molar-refractivity contribution in [1.82, 2.24) is 0 Å². The van der Waals surface area contributed by atoms with Gasteiger partial charge in [0, 0.05) is 21.3 Å². The van der Waals surface area contributed by atoms with Gasteiger partial charge in [0.1, 0.15) is 0 Å². The average Bonchev–Trinajstić information content (AvgIpc) is 2.75. The second-order valence-electron chi connectivity index (χ2n) is 6.00. The maximum Gasteiger partial charge on any atom is 0.203 e. The van der Waals surface area contributed by atoms with Gasteiger partial charge in [0.2, 0.25) is 5.75 Å². The lowest BCUT2D eigenvalue weighted by Gasteiger charge is -2.36. The van der Waals surface area contributed by atoms with Crippen molar-refractivity contribution in [1.29, 1.82) is 0 Å². The summed E-state index contributed by atoms with van der Waals surface area (Å²) in [6.45, 7) is 0. The molecule has 0 saturated carbocycles. The third-order valence-corrected chi connectivity index (χ3v) is 6.92. The van der Waals surface area contributed by atoms with Gasteiger partial charge in [-0.25, -0.2) is 0 Å². The van der Waals surface area contributed by atoms with Gasteiger partial charge in [-0.15, -0.1) is 0 Å². The van der Waals surface area contributed by atoms with Crippen LogP contribution in [-0.4, -0.2) is 41.1 Å². The van der Waals surface area contributed by atoms with Crippen molar-refractivity contribution < 1.29 is 23.5 Å². The standard InChI is InChI=1S/C16H22O5S/c1-19-13-6-10(7-14(20-2)15(13)21-3)16(17)8-11-4-5-12(9-16)22(11)18/h6-7,11-12,17H,4-5,8-9H2,1-3H3. The van der Waals surface area contributed by atoms with E-state index in [2.05, 4.69) is 0 Å². The zero-order valence-corrected chi connectivity index (χ0v) is 13.9. The highest BCUT2D eigenvalue weighted by Crippen LogP contribution is 2.49. The van der Waals surface area contributed by atoms with Crippen LogP contribution in [0.4, 0.5) is 0 Å². The number of fused-ring (bicyclic) bond motifs is 2. The van der Waals surface area contributed by atoms with Gasteiger partial charge in [-0.3, -0.25) is 4.21 Å². The lowest BCUT2D eigenvalue weighted by Crippen LogP contribution is -2.40. The molecule has 2 fully saturated rings. The van der Waals surface area contributed by atoms with Gasteiger partial charge in [-0.05, 0) is 43.4 Å². The van der Waals surface area contributed by atoms with Gasteiger partial charge < -0.3 is 19.3 Å². The number of ether oxygens (including phenoxy) is 3. The van der Waals surface area contributed by atoms with Crippen LogP contribution < -0.4 is 14.2 Å². The third kappa shape index (κ3) is 2.38. The van der Waals surface area contributed by atoms with E-state index >= 15 is 0 Å². The summed E-state index contributed by atoms with van der Waals surface area (Å²) in [6.07, 6.45) is 2.91. The largest absolute Gasteiger partial charge is 0.493 e. The smallest absolute Gasteiger partial charge is 0.203 e. The van der Waals surface area contributed by atoms with Gasteiger partial charge >= 0.3 is 0 Å². The highest BCUT2D eigenvalue weighted by atomic mass is 32.2. The predicted octanol–water partition coefficient (Wildman–Crippen LogP) is 1.97. The summed E-state index contributed by atoms with van der Waals surface area (Å²) in [6, 6.07) is 3.60. The second-order valence-corrected chi connectivity index (χ2v) is 7.99. The van der Waals surface area contributed by atoms with E-state index in [1.165, 1.54) is 0 Å². The molecule has 3 rings (SSSR count). The zero-order valence-electron chi connectivity index (χ0n) is 13.1. The Bertz CT molecular complexity index is 559. The van der Waals surface area contributed by atoms with Crippen molar-refractivity contribution >= 4 is 10.8 Å². The summed E-state index contributed by atoms with van der Waals surface area (Å²) < 4.78 is 28.2. The van der Waals surface area contributed by atoms with E-state index in [1.807, 2.05) is 0 Å². The van der Waals surface area contributed by atoms with E-state index in [0.717, 1.165) is 18.4 Å². The van der Waals surface area contributed by atoms with E-state index in [0.29, 0.717) is 30.1 Å². The van der Waals surface area contributed by atoms with Crippen LogP contribution in [0.25, 0.3) is 0 Å². The van der Waals surface area contributed by atoms with Crippen LogP contribution in [-0.2, 0) is 16.4 Å². The molecule has 0 amide bonds. The fourth-order valence-corrected chi connectivity index (χ4v) is 5.83. The van der Waals surface area contributed by atoms with Crippen LogP contribution in [0, 0.1) is 0 Å². The van der Waals surface area contributed by atoms with Crippen LogP contribution >= 0.6 is 0 Å². The minimum atomic E-state index is -0.980. The molecule has 5 nitrogen and oxygen atoms in total. The second kappa shape index (κ2) is 5.74. The Morgan fingerprint density at radius 3 is 1.95 bits per heavy atom. The number of rotatable bonds is 4. The Labute approximate surface area is 133 Å². The molecule has 2 aliphatic rings. The van der Waals surface area contributed by atoms with Crippen LogP contribution in [0.3, 0.4) is 0 Å². The summed E-state index contributed by atoms with van der Waals surface area (Å²) >= 11 is 0. The Morgan fingerprint density at radius 2 is 1.55 bits per heavy atom. The van der Waals surface area contributed by atoms with Gasteiger partial charge in [0.25, 0.3) is 0 Å². The molecule has 2 bridgehead atoms. The molecule has 0 aliphatic carbocycles. The molecule has 1 aromatic rings. The van der Waals surface area contributed by atoms with Crippen molar-refractivity contribution in [2.45, 2.75) is 41.8 Å². The monoisotopic (exact) mass is 326 g/mol. The van der Waals surface area contributed by atoms with E-state index in [-0.39, 0.29) is 10.5 Å². The van der Waals surface area contributed by atoms with Crippen molar-refractivity contribution in [3.8, 4) is 17.2 Å². The Morgan fingerprint density at radius 1 is 1.05 bits per heavy atom. The molecule has 0 radical (unpaired) electrons. The fraction of sp³-hybridized carbons (Fsp3) is 0.625. The first-order valence-corrected chi connectivity index (χ1v) is 8.72. The highest BCUT2D eigenvalue weighted by molar-refractivity contribution is 7.86. The molecule has 2 saturated heterocycles. The maximum atomic E-state index is 12.2. The summed E-state index contributed by atoms with van der Waals surface area (Å²) in [5, 5.41) is 11.3. The molecule has 22 heavy (non-hydrogen) atoms. The number of benzene rings is 1. The summed E-state index contributed by atoms with van der Waals surface area (Å²) in [7, 11) is 3.87. The Balaban J connectivity index is 2.03. The van der Waals surface area contributed by atoms with Gasteiger partial charge in [-0.1, -0.05) is 0 Å². The van der Waals surface area contributed by atoms with Gasteiger partial charge in [0.05, 0.1) is 26.9 Å². The summed E-state index contributed by atoms with van der Waals surface area (Å²) in [5.41, 5.74) is -0.234. The van der Waals surface area contributed by atoms with Crippen molar-refractivity contribution in [3.63, 3.8) is 0 Å². The quantitative estimate of drug-likeness (QED) is 0.916. The Hall–Kier alpha value is -1.27. The predicted molar refractivity (Wildman–Crippen MR) is 84.2 cm³/mol. The maximum absolute atomic E-state index is 12.2. The van der Waals surface area contributed by atoms with Crippen molar-refractivity contribution in [2.24, 2.45) is 0 Å². The molecule has 2 heterocycles. The molecule has 0 spiro atoms. The van der Waals surface area contributed by atoms with Crippen molar-refractivity contribution in [3.05, 3.63) is 17.7 Å². The van der Waals surface area contributed by atoms with Crippen LogP contribution in [0.2, 0.25) is 0 Å². The number of aliphatic hydroxyl groups is 1. The first-order chi connectivity index (χ1) is 10.5. The SMILES string of the molecule is COc1cc(C2(O)CC3CCC(C2)S3=O)cc(OC)c1OC. The van der Waals surface area contributed by atoms with Crippen LogP contribution in [0.5, 0.6) is 17.2 Å². The molecule has 122 valence electrons. The Kier molecular flexibility index (Phi) is 4.07. The molecular formula is C16H22O5S. The third-order valence-electron chi connectivity index (χ3n) is 4.80. The minimum Gasteiger partial charge on any atom is -0.493 e. The molecule has 2 unspecified atom stereocenters. The van der Waals surface area contributed by atoms with Gasteiger partial charge in [0.15, 0.2) is 11.5 Å². The van der Waals surface area contributed by atoms with Crippen LogP contribution in [0.15, 0.2) is 12.1 Å². The van der Waals surface area contributed by atoms with E-state index in [9.17, 15) is 9.32 Å². The van der Waals surface area contributed by atoms with Crippen LogP contribution in [0.1, 0.15) is 31.2 Å². The molecule has 2 aliphatic heterocycles. The summed E-state index contributed by atoms with van der Waals surface area (Å²) in [5.74, 6) is 1.58. The molecule has 1 N–H and O–H groups in total. The lowest BCUT2D eigenvalue weighted by molar-refractivity contribution is 0.0180. The highest BCUT2D eigenvalue weighted by Gasteiger charge is 2.48. The molecular weight excluding hydrogens is 304 g/mol. The van der Waals surface area contributed by atoms with Crippen molar-refractivity contribution in [2.75, 3.05) is 21.3 Å². The first kappa shape index (κ1) is 15.6. The lowest BCUT2D eigenvalue weighted by atomic mass is 9.85. The molecule has 2 atom stereocenters. The van der Waals surface area contributed by atoms with E-state index in [1.54, 1.807) is 33.5 Å². The van der Waals surface area contributed by atoms with Gasteiger partial charge in [-0.2, -0.15) is 0 Å². The molecule has 1 aromatic carbocycles. The average molecular weight is 326 g/mol. The minimum absolute atomic E-state index is 0.0860.